The summed E-state index contributed by atoms with van der Waals surface area (Å²) in [7, 11) is 0. The maximum Gasteiger partial charge on any atom is 0.509 e. The molecule has 64 valence electrons. The number of rotatable bonds is 3. The maximum atomic E-state index is 10.7. The summed E-state index contributed by atoms with van der Waals surface area (Å²) in [6.07, 6.45) is 1.83. The van der Waals surface area contributed by atoms with Crippen molar-refractivity contribution in [1.29, 1.82) is 0 Å². The van der Waals surface area contributed by atoms with Gasteiger partial charge in [0.2, 0.25) is 0 Å². The molecule has 1 unspecified atom stereocenters. The summed E-state index contributed by atoms with van der Waals surface area (Å²) in [6, 6.07) is 0. The van der Waals surface area contributed by atoms with Crippen molar-refractivity contribution in [3.8, 4) is 0 Å². The first-order chi connectivity index (χ1) is 5.18. The Morgan fingerprint density at radius 3 is 2.82 bits per heavy atom. The van der Waals surface area contributed by atoms with E-state index in [1.54, 1.807) is 6.92 Å². The van der Waals surface area contributed by atoms with Gasteiger partial charge in [0.05, 0.1) is 6.61 Å². The molecule has 0 aromatic carbocycles. The highest BCUT2D eigenvalue weighted by Gasteiger charge is 2.23. The largest absolute Gasteiger partial charge is 0.509 e. The van der Waals surface area contributed by atoms with Crippen molar-refractivity contribution in [2.24, 2.45) is 5.92 Å². The minimum atomic E-state index is -0.543. The van der Waals surface area contributed by atoms with Crippen molar-refractivity contribution in [3.63, 3.8) is 0 Å². The zero-order valence-electron chi connectivity index (χ0n) is 6.38. The third-order valence-corrected chi connectivity index (χ3v) is 1.65. The van der Waals surface area contributed by atoms with Crippen molar-refractivity contribution in [1.82, 2.24) is 0 Å². The molecule has 4 heteroatoms. The van der Waals surface area contributed by atoms with E-state index in [9.17, 15) is 4.79 Å². The third-order valence-electron chi connectivity index (χ3n) is 1.39. The maximum absolute atomic E-state index is 10.7. The quantitative estimate of drug-likeness (QED) is 0.448. The summed E-state index contributed by atoms with van der Waals surface area (Å²) in [5.74, 6) is 0.604. The van der Waals surface area contributed by atoms with Crippen LogP contribution >= 0.6 is 22.6 Å². The van der Waals surface area contributed by atoms with Crippen LogP contribution in [0.3, 0.4) is 0 Å². The Morgan fingerprint density at radius 1 is 1.73 bits per heavy atom. The Hall–Kier alpha value is 0. The van der Waals surface area contributed by atoms with Crippen molar-refractivity contribution >= 4 is 28.7 Å². The van der Waals surface area contributed by atoms with E-state index < -0.39 is 6.16 Å². The van der Waals surface area contributed by atoms with Gasteiger partial charge in [-0.3, -0.25) is 0 Å². The summed E-state index contributed by atoms with van der Waals surface area (Å²) in [6.45, 7) is 2.32. The predicted octanol–water partition coefficient (Wildman–Crippen LogP) is 2.33. The minimum absolute atomic E-state index is 0.112. The number of ether oxygens (including phenoxy) is 2. The van der Waals surface area contributed by atoms with Crippen LogP contribution in [-0.2, 0) is 9.47 Å². The van der Waals surface area contributed by atoms with Crippen LogP contribution in [0, 0.1) is 5.92 Å². The molecule has 1 aliphatic carbocycles. The van der Waals surface area contributed by atoms with Gasteiger partial charge in [-0.25, -0.2) is 4.79 Å². The van der Waals surface area contributed by atoms with Gasteiger partial charge in [-0.05, 0) is 48.3 Å². The van der Waals surface area contributed by atoms with Crippen molar-refractivity contribution in [2.45, 2.75) is 23.9 Å². The van der Waals surface area contributed by atoms with Gasteiger partial charge < -0.3 is 9.47 Å². The van der Waals surface area contributed by atoms with E-state index in [0.717, 1.165) is 0 Å². The molecule has 0 radical (unpaired) electrons. The van der Waals surface area contributed by atoms with Crippen LogP contribution in [-0.4, -0.2) is 16.9 Å². The normalized spacial score (nSPS) is 19.1. The minimum Gasteiger partial charge on any atom is -0.434 e. The monoisotopic (exact) mass is 270 g/mol. The van der Waals surface area contributed by atoms with E-state index in [0.29, 0.717) is 12.5 Å². The number of halogens is 1. The van der Waals surface area contributed by atoms with Crippen LogP contribution in [0.15, 0.2) is 0 Å². The number of hydrogen-bond donors (Lipinski definition) is 0. The Morgan fingerprint density at radius 2 is 2.36 bits per heavy atom. The summed E-state index contributed by atoms with van der Waals surface area (Å²) in [5.41, 5.74) is 0. The zero-order valence-corrected chi connectivity index (χ0v) is 8.54. The van der Waals surface area contributed by atoms with Crippen molar-refractivity contribution < 1.29 is 14.3 Å². The first-order valence-corrected chi connectivity index (χ1v) is 4.90. The second-order valence-corrected chi connectivity index (χ2v) is 4.42. The molecular formula is C7H11IO3. The number of hydrogen-bond acceptors (Lipinski definition) is 3. The summed E-state index contributed by atoms with van der Waals surface area (Å²) >= 11 is 2.01. The lowest BCUT2D eigenvalue weighted by Gasteiger charge is -2.06. The van der Waals surface area contributed by atoms with Gasteiger partial charge in [0, 0.05) is 0 Å². The van der Waals surface area contributed by atoms with Crippen LogP contribution < -0.4 is 0 Å². The lowest BCUT2D eigenvalue weighted by atomic mass is 10.5. The summed E-state index contributed by atoms with van der Waals surface area (Å²) < 4.78 is 9.45. The number of alkyl halides is 1. The zero-order chi connectivity index (χ0) is 8.27. The summed E-state index contributed by atoms with van der Waals surface area (Å²) in [5, 5.41) is 0. The molecule has 11 heavy (non-hydrogen) atoms. The van der Waals surface area contributed by atoms with Gasteiger partial charge in [0.15, 0.2) is 4.11 Å². The van der Waals surface area contributed by atoms with E-state index in [4.69, 9.17) is 9.47 Å². The average molecular weight is 270 g/mol. The van der Waals surface area contributed by atoms with E-state index in [1.165, 1.54) is 12.8 Å². The smallest absolute Gasteiger partial charge is 0.434 e. The van der Waals surface area contributed by atoms with Crippen molar-refractivity contribution in [2.75, 3.05) is 6.61 Å². The van der Waals surface area contributed by atoms with Gasteiger partial charge >= 0.3 is 6.16 Å². The number of carbonyl (C=O) groups excluding carboxylic acids is 1. The van der Waals surface area contributed by atoms with Crippen LogP contribution in [0.4, 0.5) is 4.79 Å². The van der Waals surface area contributed by atoms with Gasteiger partial charge in [0.1, 0.15) is 0 Å². The van der Waals surface area contributed by atoms with Gasteiger partial charge in [-0.15, -0.1) is 0 Å². The fraction of sp³-hybridized carbons (Fsp3) is 0.857. The molecule has 0 aromatic rings. The molecule has 0 amide bonds. The topological polar surface area (TPSA) is 35.5 Å². The molecular weight excluding hydrogens is 259 g/mol. The van der Waals surface area contributed by atoms with Gasteiger partial charge in [0.25, 0.3) is 0 Å². The standard InChI is InChI=1S/C7H11IO3/c1-5(8)11-7(9)10-4-6-2-3-6/h5-6H,2-4H2,1H3. The molecule has 1 aliphatic rings. The lowest BCUT2D eigenvalue weighted by Crippen LogP contribution is -2.12. The summed E-state index contributed by atoms with van der Waals surface area (Å²) in [4.78, 5) is 10.7. The van der Waals surface area contributed by atoms with Crippen LogP contribution in [0.5, 0.6) is 0 Å². The van der Waals surface area contributed by atoms with E-state index in [1.807, 2.05) is 22.6 Å². The number of carbonyl (C=O) groups is 1. The first-order valence-electron chi connectivity index (χ1n) is 3.66. The fourth-order valence-electron chi connectivity index (χ4n) is 0.637. The SMILES string of the molecule is CC(I)OC(=O)OCC1CC1. The molecule has 3 nitrogen and oxygen atoms in total. The Kier molecular flexibility index (Phi) is 3.42. The van der Waals surface area contributed by atoms with Crippen LogP contribution in [0.1, 0.15) is 19.8 Å². The van der Waals surface area contributed by atoms with Gasteiger partial charge in [-0.1, -0.05) is 0 Å². The highest BCUT2D eigenvalue weighted by Crippen LogP contribution is 2.28. The van der Waals surface area contributed by atoms with E-state index >= 15 is 0 Å². The van der Waals surface area contributed by atoms with Crippen LogP contribution in [0.2, 0.25) is 0 Å². The van der Waals surface area contributed by atoms with Gasteiger partial charge in [-0.2, -0.15) is 0 Å². The molecule has 1 rings (SSSR count). The van der Waals surface area contributed by atoms with E-state index in [-0.39, 0.29) is 4.11 Å². The molecule has 0 heterocycles. The van der Waals surface area contributed by atoms with E-state index in [2.05, 4.69) is 0 Å². The average Bonchev–Trinajstić information content (AvgIpc) is 2.63. The molecule has 0 aliphatic heterocycles. The molecule has 0 aromatic heterocycles. The highest BCUT2D eigenvalue weighted by atomic mass is 127. The second-order valence-electron chi connectivity index (χ2n) is 2.67. The highest BCUT2D eigenvalue weighted by molar-refractivity contribution is 14.1. The predicted molar refractivity (Wildman–Crippen MR) is 48.6 cm³/mol. The molecule has 0 spiro atoms. The molecule has 1 saturated carbocycles. The molecule has 1 atom stereocenters. The first kappa shape index (κ1) is 9.09. The molecule has 0 bridgehead atoms. The second kappa shape index (κ2) is 4.13. The Bertz CT molecular complexity index is 143. The lowest BCUT2D eigenvalue weighted by molar-refractivity contribution is 0.0517. The third kappa shape index (κ3) is 4.44. The van der Waals surface area contributed by atoms with Crippen LogP contribution in [0.25, 0.3) is 0 Å². The van der Waals surface area contributed by atoms with Crippen molar-refractivity contribution in [3.05, 3.63) is 0 Å². The Balaban J connectivity index is 2.00. The Labute approximate surface area is 79.6 Å². The molecule has 1 fully saturated rings. The fourth-order valence-corrected chi connectivity index (χ4v) is 0.845. The molecule has 0 N–H and O–H groups in total. The molecule has 0 saturated heterocycles.